The number of nitro benzene ring substituents is 3. The van der Waals surface area contributed by atoms with Gasteiger partial charge in [-0.15, -0.1) is 0 Å². The van der Waals surface area contributed by atoms with E-state index in [0.717, 1.165) is 6.07 Å². The van der Waals surface area contributed by atoms with Crippen LogP contribution in [-0.2, 0) is 0 Å². The van der Waals surface area contributed by atoms with E-state index in [0.29, 0.717) is 0 Å². The molecule has 0 saturated carbocycles. The molecule has 9 heteroatoms. The van der Waals surface area contributed by atoms with Gasteiger partial charge in [0.25, 0.3) is 5.69 Å². The lowest BCUT2D eigenvalue weighted by Gasteiger charge is -2.04. The first-order valence-corrected chi connectivity index (χ1v) is 5.50. The van der Waals surface area contributed by atoms with Gasteiger partial charge in [0.05, 0.1) is 32.0 Å². The third-order valence-electron chi connectivity index (χ3n) is 2.70. The normalized spacial score (nSPS) is 10.1. The van der Waals surface area contributed by atoms with Crippen LogP contribution in [0.25, 0.3) is 11.1 Å². The van der Waals surface area contributed by atoms with Crippen molar-refractivity contribution >= 4 is 17.1 Å². The molecule has 0 bridgehead atoms. The summed E-state index contributed by atoms with van der Waals surface area (Å²) in [5.41, 5.74) is -2.29. The number of rotatable bonds is 4. The Hall–Kier alpha value is -3.36. The van der Waals surface area contributed by atoms with E-state index in [1.807, 2.05) is 0 Å². The fourth-order valence-corrected chi connectivity index (χ4v) is 1.88. The molecule has 0 spiro atoms. The molecule has 0 amide bonds. The van der Waals surface area contributed by atoms with Crippen molar-refractivity contribution < 1.29 is 14.8 Å². The molecule has 0 unspecified atom stereocenters. The van der Waals surface area contributed by atoms with Crippen LogP contribution >= 0.6 is 0 Å². The average molecular weight is 288 g/mol. The van der Waals surface area contributed by atoms with Gasteiger partial charge in [0.1, 0.15) is 0 Å². The molecule has 2 aromatic carbocycles. The minimum absolute atomic E-state index is 0.0992. The van der Waals surface area contributed by atoms with Crippen LogP contribution in [0.15, 0.2) is 36.4 Å². The number of nitrogens with zero attached hydrogens (tertiary/aromatic N) is 3. The Bertz CT molecular complexity index is 758. The Morgan fingerprint density at radius 2 is 1.48 bits per heavy atom. The molecular formula is C12H6N3O6. The Morgan fingerprint density at radius 3 is 2.05 bits per heavy atom. The second kappa shape index (κ2) is 5.33. The molecule has 0 aliphatic carbocycles. The molecule has 2 aromatic rings. The minimum atomic E-state index is -0.926. The zero-order valence-electron chi connectivity index (χ0n) is 10.3. The highest BCUT2D eigenvalue weighted by Gasteiger charge is 2.31. The van der Waals surface area contributed by atoms with Gasteiger partial charge in [0.2, 0.25) is 0 Å². The van der Waals surface area contributed by atoms with E-state index in [-0.39, 0.29) is 11.1 Å². The predicted octanol–water partition coefficient (Wildman–Crippen LogP) is 2.88. The van der Waals surface area contributed by atoms with Crippen molar-refractivity contribution in [1.82, 2.24) is 0 Å². The zero-order chi connectivity index (χ0) is 15.6. The van der Waals surface area contributed by atoms with Crippen LogP contribution in [0.2, 0.25) is 0 Å². The van der Waals surface area contributed by atoms with Crippen molar-refractivity contribution in [2.45, 2.75) is 0 Å². The molecule has 0 aliphatic rings. The van der Waals surface area contributed by atoms with Gasteiger partial charge in [-0.2, -0.15) is 0 Å². The predicted molar refractivity (Wildman–Crippen MR) is 70.7 cm³/mol. The van der Waals surface area contributed by atoms with E-state index in [1.54, 1.807) is 0 Å². The molecule has 0 aliphatic heterocycles. The summed E-state index contributed by atoms with van der Waals surface area (Å²) in [5, 5.41) is 33.0. The van der Waals surface area contributed by atoms with Gasteiger partial charge in [0.15, 0.2) is 0 Å². The van der Waals surface area contributed by atoms with Gasteiger partial charge >= 0.3 is 11.4 Å². The minimum Gasteiger partial charge on any atom is -0.258 e. The molecule has 0 fully saturated rings. The van der Waals surface area contributed by atoms with E-state index >= 15 is 0 Å². The molecular weight excluding hydrogens is 282 g/mol. The van der Waals surface area contributed by atoms with Crippen LogP contribution in [0.3, 0.4) is 0 Å². The van der Waals surface area contributed by atoms with Crippen LogP contribution in [0.4, 0.5) is 17.1 Å². The van der Waals surface area contributed by atoms with Crippen molar-refractivity contribution in [3.63, 3.8) is 0 Å². The molecule has 21 heavy (non-hydrogen) atoms. The topological polar surface area (TPSA) is 129 Å². The lowest BCUT2D eigenvalue weighted by molar-refractivity contribution is -0.422. The monoisotopic (exact) mass is 288 g/mol. The number of para-hydroxylation sites is 2. The van der Waals surface area contributed by atoms with Gasteiger partial charge in [0, 0.05) is 6.07 Å². The fourth-order valence-electron chi connectivity index (χ4n) is 1.88. The zero-order valence-corrected chi connectivity index (χ0v) is 10.3. The first-order chi connectivity index (χ1) is 9.93. The standard InChI is InChI=1S/C12H6N3O6/c16-13(17)10-6-2-1-4-8(10)9-5-3-7-11(14(18)19)12(9)15(20)21/h1-5,7H. The Kier molecular flexibility index (Phi) is 3.57. The maximum Gasteiger partial charge on any atom is 0.354 e. The van der Waals surface area contributed by atoms with E-state index in [9.17, 15) is 30.3 Å². The van der Waals surface area contributed by atoms with Gasteiger partial charge in [-0.25, -0.2) is 0 Å². The van der Waals surface area contributed by atoms with Crippen LogP contribution < -0.4 is 0 Å². The first kappa shape index (κ1) is 14.1. The quantitative estimate of drug-likeness (QED) is 0.628. The van der Waals surface area contributed by atoms with Gasteiger partial charge in [-0.05, 0) is 18.2 Å². The Balaban J connectivity index is 2.82. The van der Waals surface area contributed by atoms with E-state index in [1.165, 1.54) is 30.3 Å². The van der Waals surface area contributed by atoms with E-state index < -0.39 is 31.8 Å². The van der Waals surface area contributed by atoms with Gasteiger partial charge in [-0.3, -0.25) is 30.3 Å². The van der Waals surface area contributed by atoms with Crippen LogP contribution in [0.5, 0.6) is 0 Å². The maximum absolute atomic E-state index is 11.1. The highest BCUT2D eigenvalue weighted by molar-refractivity contribution is 5.84. The molecule has 9 nitrogen and oxygen atoms in total. The number of benzene rings is 2. The molecule has 0 aromatic heterocycles. The third-order valence-corrected chi connectivity index (χ3v) is 2.70. The Labute approximate surface area is 116 Å². The molecule has 0 N–H and O–H groups in total. The fraction of sp³-hybridized carbons (Fsp3) is 0. The highest BCUT2D eigenvalue weighted by Crippen LogP contribution is 2.40. The van der Waals surface area contributed by atoms with Crippen LogP contribution in [-0.4, -0.2) is 14.8 Å². The van der Waals surface area contributed by atoms with Crippen molar-refractivity contribution in [2.24, 2.45) is 0 Å². The summed E-state index contributed by atoms with van der Waals surface area (Å²) in [7, 11) is 0. The third kappa shape index (κ3) is 2.52. The SMILES string of the molecule is O=[N+]([O-])c1[c]cccc1-c1cccc([N+](=O)[O-])c1[N+](=O)[O-]. The largest absolute Gasteiger partial charge is 0.354 e. The van der Waals surface area contributed by atoms with Crippen molar-refractivity contribution in [3.05, 3.63) is 72.8 Å². The summed E-state index contributed by atoms with van der Waals surface area (Å²) >= 11 is 0. The number of hydrogen-bond acceptors (Lipinski definition) is 6. The maximum atomic E-state index is 11.1. The number of nitro groups is 3. The summed E-state index contributed by atoms with van der Waals surface area (Å²) < 4.78 is 0. The first-order valence-electron chi connectivity index (χ1n) is 5.50. The summed E-state index contributed by atoms with van der Waals surface area (Å²) in [4.78, 5) is 30.4. The summed E-state index contributed by atoms with van der Waals surface area (Å²) in [6.45, 7) is 0. The van der Waals surface area contributed by atoms with Crippen LogP contribution in [0.1, 0.15) is 0 Å². The second-order valence-electron chi connectivity index (χ2n) is 3.88. The molecule has 0 atom stereocenters. The van der Waals surface area contributed by atoms with Crippen molar-refractivity contribution in [1.29, 1.82) is 0 Å². The summed E-state index contributed by atoms with van der Waals surface area (Å²) in [6.07, 6.45) is 0. The number of hydrogen-bond donors (Lipinski definition) is 0. The highest BCUT2D eigenvalue weighted by atomic mass is 16.6. The van der Waals surface area contributed by atoms with E-state index in [4.69, 9.17) is 0 Å². The molecule has 105 valence electrons. The Morgan fingerprint density at radius 1 is 0.810 bits per heavy atom. The summed E-state index contributed by atoms with van der Waals surface area (Å²) in [5.74, 6) is 0. The molecule has 0 saturated heterocycles. The lowest BCUT2D eigenvalue weighted by atomic mass is 10.0. The van der Waals surface area contributed by atoms with Gasteiger partial charge in [-0.1, -0.05) is 12.1 Å². The van der Waals surface area contributed by atoms with Crippen molar-refractivity contribution in [2.75, 3.05) is 0 Å². The van der Waals surface area contributed by atoms with Crippen LogP contribution in [0, 0.1) is 36.4 Å². The smallest absolute Gasteiger partial charge is 0.258 e. The van der Waals surface area contributed by atoms with Crippen molar-refractivity contribution in [3.8, 4) is 11.1 Å². The lowest BCUT2D eigenvalue weighted by Crippen LogP contribution is -2.00. The molecule has 2 rings (SSSR count). The second-order valence-corrected chi connectivity index (χ2v) is 3.88. The molecule has 1 radical (unpaired) electrons. The van der Waals surface area contributed by atoms with E-state index in [2.05, 4.69) is 6.07 Å². The summed E-state index contributed by atoms with van der Waals surface area (Å²) in [6, 6.07) is 9.76. The van der Waals surface area contributed by atoms with Gasteiger partial charge < -0.3 is 0 Å². The average Bonchev–Trinajstić information content (AvgIpc) is 2.46. The molecule has 0 heterocycles.